The Morgan fingerprint density at radius 1 is 1.07 bits per heavy atom. The number of benzene rings is 3. The standard InChI is InChI=1S/C32H27Cl2FN2O5S/c1-4-40-23-12-10-19(11-13-23)28-27(31(39)41-5-2)18(3)36-32-37(28)30(38)26(43-32)15-21-14-22(33)16-24(34)29(21)42-17-20-8-6-7-9-25(20)35/h6-16,28H,4-5,17H2,1-3H3/b26-15-/t28-/m1/s1. The number of hydrogen-bond donors (Lipinski definition) is 0. The lowest BCUT2D eigenvalue weighted by atomic mass is 9.96. The van der Waals surface area contributed by atoms with Crippen molar-refractivity contribution < 1.29 is 23.4 Å². The molecule has 1 aromatic heterocycles. The first-order valence-corrected chi connectivity index (χ1v) is 15.1. The molecular weight excluding hydrogens is 614 g/mol. The Balaban J connectivity index is 1.64. The fourth-order valence-electron chi connectivity index (χ4n) is 4.77. The zero-order valence-electron chi connectivity index (χ0n) is 23.5. The monoisotopic (exact) mass is 640 g/mol. The zero-order chi connectivity index (χ0) is 30.7. The molecule has 0 N–H and O–H groups in total. The molecule has 0 saturated heterocycles. The molecule has 0 bridgehead atoms. The molecule has 0 unspecified atom stereocenters. The van der Waals surface area contributed by atoms with Gasteiger partial charge < -0.3 is 14.2 Å². The maximum atomic E-state index is 14.3. The van der Waals surface area contributed by atoms with Crippen LogP contribution < -0.4 is 24.4 Å². The summed E-state index contributed by atoms with van der Waals surface area (Å²) in [6, 6.07) is 15.8. The summed E-state index contributed by atoms with van der Waals surface area (Å²) in [5.74, 6) is -0.0590. The minimum absolute atomic E-state index is 0.0873. The average Bonchev–Trinajstić information content (AvgIpc) is 3.27. The van der Waals surface area contributed by atoms with E-state index < -0.39 is 17.8 Å². The van der Waals surface area contributed by atoms with E-state index in [1.54, 1.807) is 56.3 Å². The molecule has 0 saturated carbocycles. The van der Waals surface area contributed by atoms with Crippen molar-refractivity contribution in [3.05, 3.63) is 124 Å². The van der Waals surface area contributed by atoms with Crippen LogP contribution in [0.3, 0.4) is 0 Å². The first-order valence-electron chi connectivity index (χ1n) is 13.5. The van der Waals surface area contributed by atoms with Gasteiger partial charge in [-0.25, -0.2) is 14.2 Å². The highest BCUT2D eigenvalue weighted by Gasteiger charge is 2.33. The number of ether oxygens (including phenoxy) is 3. The van der Waals surface area contributed by atoms with Gasteiger partial charge in [0.2, 0.25) is 0 Å². The predicted molar refractivity (Wildman–Crippen MR) is 165 cm³/mol. The maximum Gasteiger partial charge on any atom is 0.338 e. The number of halogens is 3. The third-order valence-electron chi connectivity index (χ3n) is 6.68. The molecule has 3 aromatic carbocycles. The number of carbonyl (C=O) groups is 1. The van der Waals surface area contributed by atoms with E-state index in [1.807, 2.05) is 19.1 Å². The van der Waals surface area contributed by atoms with Crippen LogP contribution in [0.4, 0.5) is 4.39 Å². The Bertz CT molecular complexity index is 1900. The Morgan fingerprint density at radius 3 is 2.51 bits per heavy atom. The number of aromatic nitrogens is 1. The van der Waals surface area contributed by atoms with Crippen LogP contribution in [0.2, 0.25) is 10.0 Å². The van der Waals surface area contributed by atoms with E-state index >= 15 is 0 Å². The molecule has 0 aliphatic carbocycles. The summed E-state index contributed by atoms with van der Waals surface area (Å²) in [7, 11) is 0. The number of carbonyl (C=O) groups excluding carboxylic acids is 1. The van der Waals surface area contributed by atoms with Gasteiger partial charge in [0.25, 0.3) is 5.56 Å². The molecular formula is C32H27Cl2FN2O5S. The van der Waals surface area contributed by atoms with Gasteiger partial charge in [-0.2, -0.15) is 0 Å². The Kier molecular flexibility index (Phi) is 9.34. The minimum Gasteiger partial charge on any atom is -0.494 e. The van der Waals surface area contributed by atoms with Crippen molar-refractivity contribution in [2.45, 2.75) is 33.4 Å². The molecule has 7 nitrogen and oxygen atoms in total. The second-order valence-corrected chi connectivity index (χ2v) is 11.3. The van der Waals surface area contributed by atoms with E-state index in [2.05, 4.69) is 4.99 Å². The number of allylic oxidation sites excluding steroid dienone is 1. The van der Waals surface area contributed by atoms with E-state index in [1.165, 1.54) is 16.7 Å². The van der Waals surface area contributed by atoms with E-state index in [0.29, 0.717) is 49.1 Å². The molecule has 0 radical (unpaired) electrons. The zero-order valence-corrected chi connectivity index (χ0v) is 25.9. The second kappa shape index (κ2) is 13.2. The molecule has 43 heavy (non-hydrogen) atoms. The summed E-state index contributed by atoms with van der Waals surface area (Å²) >= 11 is 14.0. The van der Waals surface area contributed by atoms with E-state index in [4.69, 9.17) is 37.4 Å². The molecule has 11 heteroatoms. The lowest BCUT2D eigenvalue weighted by molar-refractivity contribution is -0.139. The smallest absolute Gasteiger partial charge is 0.338 e. The van der Waals surface area contributed by atoms with Crippen LogP contribution in [0.25, 0.3) is 6.08 Å². The summed E-state index contributed by atoms with van der Waals surface area (Å²) in [6.45, 7) is 5.91. The summed E-state index contributed by atoms with van der Waals surface area (Å²) in [6.07, 6.45) is 1.61. The Hall–Kier alpha value is -3.92. The summed E-state index contributed by atoms with van der Waals surface area (Å²) in [4.78, 5) is 32.2. The molecule has 1 aliphatic heterocycles. The van der Waals surface area contributed by atoms with Crippen molar-refractivity contribution in [3.8, 4) is 11.5 Å². The van der Waals surface area contributed by atoms with Gasteiger partial charge >= 0.3 is 5.97 Å². The van der Waals surface area contributed by atoms with Crippen LogP contribution in [-0.2, 0) is 16.1 Å². The van der Waals surface area contributed by atoms with Gasteiger partial charge in [0.15, 0.2) is 4.80 Å². The molecule has 0 fully saturated rings. The number of rotatable bonds is 9. The lowest BCUT2D eigenvalue weighted by Gasteiger charge is -2.24. The number of fused-ring (bicyclic) bond motifs is 1. The number of hydrogen-bond acceptors (Lipinski definition) is 7. The Labute approximate surface area is 261 Å². The van der Waals surface area contributed by atoms with Crippen molar-refractivity contribution >= 4 is 46.6 Å². The third kappa shape index (κ3) is 6.39. The molecule has 4 aromatic rings. The molecule has 0 amide bonds. The molecule has 1 aliphatic rings. The first-order chi connectivity index (χ1) is 20.7. The van der Waals surface area contributed by atoms with Gasteiger partial charge in [0.1, 0.15) is 23.9 Å². The quantitative estimate of drug-likeness (QED) is 0.203. The van der Waals surface area contributed by atoms with Gasteiger partial charge in [-0.3, -0.25) is 9.36 Å². The lowest BCUT2D eigenvalue weighted by Crippen LogP contribution is -2.39. The highest BCUT2D eigenvalue weighted by Crippen LogP contribution is 2.34. The van der Waals surface area contributed by atoms with Crippen LogP contribution in [0, 0.1) is 5.82 Å². The van der Waals surface area contributed by atoms with Gasteiger partial charge in [-0.05, 0) is 62.7 Å². The first kappa shape index (κ1) is 30.5. The fraction of sp³-hybridized carbons (Fsp3) is 0.219. The summed E-state index contributed by atoms with van der Waals surface area (Å²) in [5, 5.41) is 0.533. The van der Waals surface area contributed by atoms with Crippen LogP contribution >= 0.6 is 34.5 Å². The number of esters is 1. The van der Waals surface area contributed by atoms with Crippen molar-refractivity contribution in [3.63, 3.8) is 0 Å². The highest BCUT2D eigenvalue weighted by molar-refractivity contribution is 7.07. The molecule has 5 rings (SSSR count). The molecule has 1 atom stereocenters. The summed E-state index contributed by atoms with van der Waals surface area (Å²) < 4.78 is 32.9. The van der Waals surface area contributed by atoms with Crippen LogP contribution in [0.5, 0.6) is 11.5 Å². The number of nitrogens with zero attached hydrogens (tertiary/aromatic N) is 2. The van der Waals surface area contributed by atoms with Crippen LogP contribution in [-0.4, -0.2) is 23.8 Å². The number of thiazole rings is 1. The van der Waals surface area contributed by atoms with E-state index in [9.17, 15) is 14.0 Å². The van der Waals surface area contributed by atoms with Gasteiger partial charge in [-0.15, -0.1) is 0 Å². The fourth-order valence-corrected chi connectivity index (χ4v) is 6.37. The SMILES string of the molecule is CCOC(=O)C1=C(C)N=c2s/c(=C\c3cc(Cl)cc(Cl)c3OCc3ccccc3F)c(=O)n2[C@@H]1c1ccc(OCC)cc1. The van der Waals surface area contributed by atoms with Crippen molar-refractivity contribution in [1.82, 2.24) is 4.57 Å². The van der Waals surface area contributed by atoms with Gasteiger partial charge in [0.05, 0.1) is 40.1 Å². The normalized spacial score (nSPS) is 14.7. The van der Waals surface area contributed by atoms with Crippen LogP contribution in [0.1, 0.15) is 43.5 Å². The van der Waals surface area contributed by atoms with Crippen molar-refractivity contribution in [2.75, 3.05) is 13.2 Å². The Morgan fingerprint density at radius 2 is 1.81 bits per heavy atom. The second-order valence-electron chi connectivity index (χ2n) is 9.49. The highest BCUT2D eigenvalue weighted by atomic mass is 35.5. The van der Waals surface area contributed by atoms with Crippen molar-refractivity contribution in [2.24, 2.45) is 4.99 Å². The maximum absolute atomic E-state index is 14.3. The average molecular weight is 642 g/mol. The van der Waals surface area contributed by atoms with Gasteiger partial charge in [-0.1, -0.05) is 64.9 Å². The minimum atomic E-state index is -0.784. The van der Waals surface area contributed by atoms with Crippen LogP contribution in [0.15, 0.2) is 81.7 Å². The molecule has 222 valence electrons. The van der Waals surface area contributed by atoms with Crippen molar-refractivity contribution in [1.29, 1.82) is 0 Å². The van der Waals surface area contributed by atoms with E-state index in [0.717, 1.165) is 11.3 Å². The predicted octanol–water partition coefficient (Wildman–Crippen LogP) is 6.22. The van der Waals surface area contributed by atoms with E-state index in [-0.39, 0.29) is 35.1 Å². The molecule has 0 spiro atoms. The third-order valence-corrected chi connectivity index (χ3v) is 8.16. The van der Waals surface area contributed by atoms with Gasteiger partial charge in [0, 0.05) is 16.1 Å². The molecule has 2 heterocycles. The summed E-state index contributed by atoms with van der Waals surface area (Å²) in [5.41, 5.74) is 1.80. The largest absolute Gasteiger partial charge is 0.494 e. The topological polar surface area (TPSA) is 79.1 Å².